The van der Waals surface area contributed by atoms with Crippen molar-refractivity contribution in [2.24, 2.45) is 0 Å². The van der Waals surface area contributed by atoms with Gasteiger partial charge in [0.1, 0.15) is 11.6 Å². The molecule has 0 saturated carbocycles. The average Bonchev–Trinajstić information content (AvgIpc) is 2.38. The normalized spacial score (nSPS) is 12.3. The maximum atomic E-state index is 6.15. The highest BCUT2D eigenvalue weighted by Gasteiger charge is 2.11. The summed E-state index contributed by atoms with van der Waals surface area (Å²) in [6, 6.07) is 1.93. The van der Waals surface area contributed by atoms with E-state index in [1.165, 1.54) is 0 Å². The lowest BCUT2D eigenvalue weighted by Gasteiger charge is -2.17. The monoisotopic (exact) mass is 305 g/mol. The van der Waals surface area contributed by atoms with Crippen molar-refractivity contribution in [1.82, 2.24) is 4.98 Å². The second-order valence-corrected chi connectivity index (χ2v) is 5.22. The lowest BCUT2D eigenvalue weighted by molar-refractivity contribution is 0.191. The number of halogens is 2. The highest BCUT2D eigenvalue weighted by atomic mass is 35.5. The molecule has 0 aromatic carbocycles. The van der Waals surface area contributed by atoms with Crippen molar-refractivity contribution >= 4 is 34.8 Å². The number of hydrogen-bond acceptors (Lipinski definition) is 4. The fourth-order valence-electron chi connectivity index (χ4n) is 1.54. The first-order valence-electron chi connectivity index (χ1n) is 6.43. The highest BCUT2D eigenvalue weighted by molar-refractivity contribution is 6.37. The lowest BCUT2D eigenvalue weighted by atomic mass is 10.2. The molecular formula is C13H21Cl2N3O. The summed E-state index contributed by atoms with van der Waals surface area (Å²) in [6.45, 7) is 5.67. The molecule has 1 rings (SSSR count). The minimum absolute atomic E-state index is 0.227. The molecule has 19 heavy (non-hydrogen) atoms. The zero-order valence-corrected chi connectivity index (χ0v) is 13.1. The van der Waals surface area contributed by atoms with Crippen LogP contribution in [0, 0.1) is 0 Å². The van der Waals surface area contributed by atoms with E-state index in [0.29, 0.717) is 28.3 Å². The summed E-state index contributed by atoms with van der Waals surface area (Å²) in [4.78, 5) is 4.43. The van der Waals surface area contributed by atoms with Crippen LogP contribution in [0.2, 0.25) is 10.0 Å². The van der Waals surface area contributed by atoms with Crippen LogP contribution >= 0.6 is 23.2 Å². The van der Waals surface area contributed by atoms with Crippen LogP contribution in [0.5, 0.6) is 0 Å². The molecule has 0 aliphatic heterocycles. The summed E-state index contributed by atoms with van der Waals surface area (Å²) in [5.41, 5.74) is 0. The number of anilines is 2. The van der Waals surface area contributed by atoms with Crippen LogP contribution in [0.3, 0.4) is 0 Å². The Labute approximate surface area is 124 Å². The minimum atomic E-state index is 0.227. The van der Waals surface area contributed by atoms with Gasteiger partial charge in [0.25, 0.3) is 0 Å². The van der Waals surface area contributed by atoms with Gasteiger partial charge in [0, 0.05) is 26.3 Å². The second kappa shape index (κ2) is 8.46. The quantitative estimate of drug-likeness (QED) is 0.760. The van der Waals surface area contributed by atoms with Crippen LogP contribution in [-0.4, -0.2) is 31.3 Å². The lowest BCUT2D eigenvalue weighted by Crippen LogP contribution is -2.18. The molecule has 0 radical (unpaired) electrons. The van der Waals surface area contributed by atoms with E-state index in [1.54, 1.807) is 13.2 Å². The van der Waals surface area contributed by atoms with E-state index in [4.69, 9.17) is 27.9 Å². The van der Waals surface area contributed by atoms with Gasteiger partial charge in [-0.05, 0) is 25.8 Å². The van der Waals surface area contributed by atoms with Gasteiger partial charge in [0.2, 0.25) is 0 Å². The summed E-state index contributed by atoms with van der Waals surface area (Å²) in [7, 11) is 1.69. The number of rotatable bonds is 8. The van der Waals surface area contributed by atoms with Crippen LogP contribution in [0.15, 0.2) is 6.07 Å². The molecular weight excluding hydrogens is 285 g/mol. The first-order valence-corrected chi connectivity index (χ1v) is 7.19. The Hall–Kier alpha value is -0.710. The molecule has 0 aliphatic rings. The Kier molecular flexibility index (Phi) is 7.28. The SMILES string of the molecule is CCCNc1nc(NC(C)CCOC)c(Cl)cc1Cl. The van der Waals surface area contributed by atoms with Gasteiger partial charge in [-0.15, -0.1) is 0 Å². The Balaban J connectivity index is 2.76. The summed E-state index contributed by atoms with van der Waals surface area (Å²) < 4.78 is 5.05. The van der Waals surface area contributed by atoms with Gasteiger partial charge < -0.3 is 15.4 Å². The van der Waals surface area contributed by atoms with Gasteiger partial charge in [0.15, 0.2) is 0 Å². The van der Waals surface area contributed by atoms with Crippen molar-refractivity contribution in [1.29, 1.82) is 0 Å². The van der Waals surface area contributed by atoms with E-state index in [2.05, 4.69) is 29.5 Å². The smallest absolute Gasteiger partial charge is 0.147 e. The summed E-state index contributed by atoms with van der Waals surface area (Å²) in [6.07, 6.45) is 1.89. The fourth-order valence-corrected chi connectivity index (χ4v) is 2.02. The number of methoxy groups -OCH3 is 1. The van der Waals surface area contributed by atoms with Gasteiger partial charge in [-0.3, -0.25) is 0 Å². The van der Waals surface area contributed by atoms with Crippen molar-refractivity contribution in [2.45, 2.75) is 32.7 Å². The number of nitrogens with zero attached hydrogens (tertiary/aromatic N) is 1. The van der Waals surface area contributed by atoms with E-state index in [9.17, 15) is 0 Å². The number of ether oxygens (including phenoxy) is 1. The Morgan fingerprint density at radius 3 is 2.63 bits per heavy atom. The predicted molar refractivity (Wildman–Crippen MR) is 82.6 cm³/mol. The molecule has 0 aliphatic carbocycles. The van der Waals surface area contributed by atoms with Crippen molar-refractivity contribution in [2.75, 3.05) is 30.9 Å². The maximum absolute atomic E-state index is 6.15. The standard InChI is InChI=1S/C13H21Cl2N3O/c1-4-6-16-12-10(14)8-11(15)13(18-12)17-9(2)5-7-19-3/h8-9H,4-7H2,1-3H3,(H2,16,17,18). The molecule has 1 heterocycles. The summed E-state index contributed by atoms with van der Waals surface area (Å²) in [5, 5.41) is 7.51. The third-order valence-electron chi connectivity index (χ3n) is 2.61. The van der Waals surface area contributed by atoms with Crippen molar-refractivity contribution in [3.63, 3.8) is 0 Å². The van der Waals surface area contributed by atoms with Crippen molar-refractivity contribution < 1.29 is 4.74 Å². The van der Waals surface area contributed by atoms with Crippen LogP contribution < -0.4 is 10.6 Å². The molecule has 4 nitrogen and oxygen atoms in total. The van der Waals surface area contributed by atoms with E-state index >= 15 is 0 Å². The fraction of sp³-hybridized carbons (Fsp3) is 0.615. The Bertz CT molecular complexity index is 402. The summed E-state index contributed by atoms with van der Waals surface area (Å²) in [5.74, 6) is 1.31. The maximum Gasteiger partial charge on any atom is 0.147 e. The van der Waals surface area contributed by atoms with E-state index in [0.717, 1.165) is 19.4 Å². The first-order chi connectivity index (χ1) is 9.08. The van der Waals surface area contributed by atoms with Crippen LogP contribution in [0.1, 0.15) is 26.7 Å². The zero-order valence-electron chi connectivity index (χ0n) is 11.6. The first kappa shape index (κ1) is 16.3. The van der Waals surface area contributed by atoms with Crippen LogP contribution in [0.4, 0.5) is 11.6 Å². The molecule has 0 saturated heterocycles. The molecule has 0 fully saturated rings. The molecule has 2 N–H and O–H groups in total. The van der Waals surface area contributed by atoms with Gasteiger partial charge in [-0.2, -0.15) is 0 Å². The van der Waals surface area contributed by atoms with Crippen molar-refractivity contribution in [3.8, 4) is 0 Å². The van der Waals surface area contributed by atoms with Gasteiger partial charge in [0.05, 0.1) is 10.0 Å². The molecule has 6 heteroatoms. The van der Waals surface area contributed by atoms with Crippen LogP contribution in [-0.2, 0) is 4.74 Å². The number of hydrogen-bond donors (Lipinski definition) is 2. The average molecular weight is 306 g/mol. The molecule has 1 aromatic rings. The van der Waals surface area contributed by atoms with Gasteiger partial charge in [-0.25, -0.2) is 4.98 Å². The molecule has 1 atom stereocenters. The van der Waals surface area contributed by atoms with Crippen molar-refractivity contribution in [3.05, 3.63) is 16.1 Å². The van der Waals surface area contributed by atoms with Gasteiger partial charge >= 0.3 is 0 Å². The zero-order chi connectivity index (χ0) is 14.3. The highest BCUT2D eigenvalue weighted by Crippen LogP contribution is 2.29. The second-order valence-electron chi connectivity index (χ2n) is 4.40. The number of aromatic nitrogens is 1. The molecule has 0 spiro atoms. The number of nitrogens with one attached hydrogen (secondary N) is 2. The molecule has 0 bridgehead atoms. The Morgan fingerprint density at radius 1 is 1.32 bits per heavy atom. The molecule has 1 unspecified atom stereocenters. The third kappa shape index (κ3) is 5.43. The van der Waals surface area contributed by atoms with E-state index in [-0.39, 0.29) is 6.04 Å². The third-order valence-corrected chi connectivity index (χ3v) is 3.19. The van der Waals surface area contributed by atoms with Gasteiger partial charge in [-0.1, -0.05) is 30.1 Å². The summed E-state index contributed by atoms with van der Waals surface area (Å²) >= 11 is 12.2. The molecule has 0 amide bonds. The molecule has 108 valence electrons. The topological polar surface area (TPSA) is 46.2 Å². The number of pyridine rings is 1. The minimum Gasteiger partial charge on any atom is -0.385 e. The van der Waals surface area contributed by atoms with E-state index in [1.807, 2.05) is 0 Å². The van der Waals surface area contributed by atoms with Crippen LogP contribution in [0.25, 0.3) is 0 Å². The predicted octanol–water partition coefficient (Wildman–Crippen LogP) is 4.05. The molecule has 1 aromatic heterocycles. The Morgan fingerprint density at radius 2 is 2.00 bits per heavy atom. The largest absolute Gasteiger partial charge is 0.385 e. The van der Waals surface area contributed by atoms with E-state index < -0.39 is 0 Å².